The summed E-state index contributed by atoms with van der Waals surface area (Å²) in [5.41, 5.74) is 1.77. The molecule has 0 saturated carbocycles. The average Bonchev–Trinajstić information content (AvgIpc) is 3.33. The van der Waals surface area contributed by atoms with Crippen LogP contribution in [0.5, 0.6) is 0 Å². The van der Waals surface area contributed by atoms with Gasteiger partial charge >= 0.3 is 0 Å². The summed E-state index contributed by atoms with van der Waals surface area (Å²) in [4.78, 5) is 17.6. The minimum absolute atomic E-state index is 0.136. The molecule has 1 amide bonds. The van der Waals surface area contributed by atoms with Gasteiger partial charge in [-0.25, -0.2) is 0 Å². The standard InChI is InChI=1S/C19H20ClN3O2S/c1-4-11(2)16(21-18(24)15-6-5-9-26-15)19-22-17(23-25-19)13-8-7-12(3)14(20)10-13/h5-11,16H,4H2,1-3H3,(H,21,24)/t11-,16+/m0/s1. The molecule has 2 atom stereocenters. The van der Waals surface area contributed by atoms with Crippen LogP contribution in [0.25, 0.3) is 11.4 Å². The van der Waals surface area contributed by atoms with Crippen LogP contribution in [-0.2, 0) is 0 Å². The summed E-state index contributed by atoms with van der Waals surface area (Å²) in [6.45, 7) is 6.05. The van der Waals surface area contributed by atoms with Gasteiger partial charge < -0.3 is 9.84 Å². The molecule has 0 aliphatic carbocycles. The molecule has 1 N–H and O–H groups in total. The second-order valence-electron chi connectivity index (χ2n) is 6.23. The number of carbonyl (C=O) groups is 1. The molecule has 3 rings (SSSR count). The first-order valence-electron chi connectivity index (χ1n) is 8.44. The number of benzene rings is 1. The van der Waals surface area contributed by atoms with E-state index in [0.717, 1.165) is 17.5 Å². The number of halogens is 1. The lowest BCUT2D eigenvalue weighted by molar-refractivity contribution is 0.0914. The first-order chi connectivity index (χ1) is 12.5. The molecule has 26 heavy (non-hydrogen) atoms. The average molecular weight is 390 g/mol. The summed E-state index contributed by atoms with van der Waals surface area (Å²) in [6, 6.07) is 8.92. The van der Waals surface area contributed by atoms with E-state index >= 15 is 0 Å². The number of nitrogens with one attached hydrogen (secondary N) is 1. The molecule has 2 heterocycles. The SMILES string of the molecule is CC[C@H](C)[C@@H](NC(=O)c1cccs1)c1nc(-c2ccc(C)c(Cl)c2)no1. The fourth-order valence-electron chi connectivity index (χ4n) is 2.51. The number of hydrogen-bond acceptors (Lipinski definition) is 5. The Labute approximate surface area is 161 Å². The predicted octanol–water partition coefficient (Wildman–Crippen LogP) is 5.28. The van der Waals surface area contributed by atoms with Gasteiger partial charge in [0.1, 0.15) is 6.04 Å². The maximum Gasteiger partial charge on any atom is 0.262 e. The van der Waals surface area contributed by atoms with E-state index in [4.69, 9.17) is 16.1 Å². The number of aryl methyl sites for hydroxylation is 1. The molecule has 3 aromatic rings. The van der Waals surface area contributed by atoms with Gasteiger partial charge in [-0.1, -0.05) is 55.2 Å². The lowest BCUT2D eigenvalue weighted by Crippen LogP contribution is -2.32. The molecule has 0 aliphatic rings. The third-order valence-corrected chi connectivity index (χ3v) is 5.66. The molecule has 5 nitrogen and oxygen atoms in total. The summed E-state index contributed by atoms with van der Waals surface area (Å²) >= 11 is 7.59. The van der Waals surface area contributed by atoms with E-state index in [2.05, 4.69) is 22.4 Å². The van der Waals surface area contributed by atoms with E-state index in [1.165, 1.54) is 11.3 Å². The van der Waals surface area contributed by atoms with Crippen molar-refractivity contribution in [3.63, 3.8) is 0 Å². The highest BCUT2D eigenvalue weighted by Crippen LogP contribution is 2.28. The number of nitrogens with zero attached hydrogens (tertiary/aromatic N) is 2. The number of amides is 1. The Morgan fingerprint density at radius 3 is 2.85 bits per heavy atom. The third kappa shape index (κ3) is 3.97. The lowest BCUT2D eigenvalue weighted by atomic mass is 9.99. The van der Waals surface area contributed by atoms with Crippen molar-refractivity contribution in [2.24, 2.45) is 5.92 Å². The Morgan fingerprint density at radius 2 is 2.19 bits per heavy atom. The molecule has 1 aromatic carbocycles. The van der Waals surface area contributed by atoms with Crippen LogP contribution in [0.1, 0.15) is 47.4 Å². The second kappa shape index (κ2) is 8.01. The fraction of sp³-hybridized carbons (Fsp3) is 0.316. The van der Waals surface area contributed by atoms with Crippen LogP contribution in [0.15, 0.2) is 40.2 Å². The smallest absolute Gasteiger partial charge is 0.262 e. The molecule has 0 aliphatic heterocycles. The molecule has 0 bridgehead atoms. The lowest BCUT2D eigenvalue weighted by Gasteiger charge is -2.20. The first-order valence-corrected chi connectivity index (χ1v) is 9.69. The predicted molar refractivity (Wildman–Crippen MR) is 103 cm³/mol. The van der Waals surface area contributed by atoms with Gasteiger partial charge in [-0.05, 0) is 35.9 Å². The van der Waals surface area contributed by atoms with Gasteiger partial charge in [0.25, 0.3) is 5.91 Å². The molecular weight excluding hydrogens is 370 g/mol. The van der Waals surface area contributed by atoms with Crippen LogP contribution in [0, 0.1) is 12.8 Å². The summed E-state index contributed by atoms with van der Waals surface area (Å²) in [5, 5.41) is 9.62. The number of aromatic nitrogens is 2. The van der Waals surface area contributed by atoms with Crippen LogP contribution in [0.3, 0.4) is 0 Å². The van der Waals surface area contributed by atoms with Crippen molar-refractivity contribution in [1.29, 1.82) is 0 Å². The van der Waals surface area contributed by atoms with E-state index < -0.39 is 0 Å². The van der Waals surface area contributed by atoms with Crippen LogP contribution in [0.4, 0.5) is 0 Å². The van der Waals surface area contributed by atoms with Crippen molar-refractivity contribution in [3.8, 4) is 11.4 Å². The molecule has 0 unspecified atom stereocenters. The third-order valence-electron chi connectivity index (χ3n) is 4.38. The van der Waals surface area contributed by atoms with E-state index in [1.807, 2.05) is 43.5 Å². The maximum atomic E-state index is 12.5. The van der Waals surface area contributed by atoms with Crippen molar-refractivity contribution in [2.45, 2.75) is 33.2 Å². The van der Waals surface area contributed by atoms with Crippen molar-refractivity contribution in [2.75, 3.05) is 0 Å². The van der Waals surface area contributed by atoms with E-state index in [-0.39, 0.29) is 17.9 Å². The van der Waals surface area contributed by atoms with Crippen molar-refractivity contribution in [1.82, 2.24) is 15.5 Å². The van der Waals surface area contributed by atoms with Crippen LogP contribution >= 0.6 is 22.9 Å². The van der Waals surface area contributed by atoms with Gasteiger partial charge in [0, 0.05) is 10.6 Å². The van der Waals surface area contributed by atoms with Crippen LogP contribution in [0.2, 0.25) is 5.02 Å². The number of carbonyl (C=O) groups excluding carboxylic acids is 1. The van der Waals surface area contributed by atoms with Gasteiger partial charge in [-0.2, -0.15) is 4.98 Å². The Hall–Kier alpha value is -2.18. The Morgan fingerprint density at radius 1 is 1.38 bits per heavy atom. The molecule has 0 saturated heterocycles. The fourth-order valence-corrected chi connectivity index (χ4v) is 3.32. The van der Waals surface area contributed by atoms with Crippen LogP contribution < -0.4 is 5.32 Å². The Kier molecular flexibility index (Phi) is 5.74. The van der Waals surface area contributed by atoms with Gasteiger partial charge in [-0.3, -0.25) is 4.79 Å². The molecule has 0 spiro atoms. The summed E-state index contributed by atoms with van der Waals surface area (Å²) in [6.07, 6.45) is 0.865. The topological polar surface area (TPSA) is 68.0 Å². The highest BCUT2D eigenvalue weighted by atomic mass is 35.5. The van der Waals surface area contributed by atoms with Gasteiger partial charge in [-0.15, -0.1) is 11.3 Å². The minimum Gasteiger partial charge on any atom is -0.339 e. The Balaban J connectivity index is 1.86. The monoisotopic (exact) mass is 389 g/mol. The zero-order chi connectivity index (χ0) is 18.7. The van der Waals surface area contributed by atoms with E-state index in [9.17, 15) is 4.79 Å². The Bertz CT molecular complexity index is 892. The maximum absolute atomic E-state index is 12.5. The van der Waals surface area contributed by atoms with Gasteiger partial charge in [0.05, 0.1) is 4.88 Å². The zero-order valence-electron chi connectivity index (χ0n) is 14.8. The molecule has 0 radical (unpaired) electrons. The molecular formula is C19H20ClN3O2S. The van der Waals surface area contributed by atoms with E-state index in [1.54, 1.807) is 6.07 Å². The second-order valence-corrected chi connectivity index (χ2v) is 7.59. The zero-order valence-corrected chi connectivity index (χ0v) is 16.4. The number of rotatable bonds is 6. The molecule has 136 valence electrons. The van der Waals surface area contributed by atoms with E-state index in [0.29, 0.717) is 21.6 Å². The van der Waals surface area contributed by atoms with Gasteiger partial charge in [0.15, 0.2) is 0 Å². The molecule has 2 aromatic heterocycles. The largest absolute Gasteiger partial charge is 0.339 e. The highest BCUT2D eigenvalue weighted by molar-refractivity contribution is 7.12. The van der Waals surface area contributed by atoms with Crippen molar-refractivity contribution < 1.29 is 9.32 Å². The summed E-state index contributed by atoms with van der Waals surface area (Å²) in [7, 11) is 0. The van der Waals surface area contributed by atoms with Gasteiger partial charge in [0.2, 0.25) is 11.7 Å². The van der Waals surface area contributed by atoms with Crippen molar-refractivity contribution >= 4 is 28.8 Å². The molecule has 7 heteroatoms. The normalized spacial score (nSPS) is 13.4. The van der Waals surface area contributed by atoms with Crippen molar-refractivity contribution in [3.05, 3.63) is 57.1 Å². The first kappa shape index (κ1) is 18.6. The highest BCUT2D eigenvalue weighted by Gasteiger charge is 2.27. The summed E-state index contributed by atoms with van der Waals surface area (Å²) < 4.78 is 5.48. The number of hydrogen-bond donors (Lipinski definition) is 1. The summed E-state index contributed by atoms with van der Waals surface area (Å²) in [5.74, 6) is 0.869. The molecule has 0 fully saturated rings. The minimum atomic E-state index is -0.350. The van der Waals surface area contributed by atoms with Crippen LogP contribution in [-0.4, -0.2) is 16.0 Å². The quantitative estimate of drug-likeness (QED) is 0.622. The number of thiophene rings is 1.